The van der Waals surface area contributed by atoms with E-state index in [2.05, 4.69) is 15.7 Å². The first kappa shape index (κ1) is 28.4. The van der Waals surface area contributed by atoms with Crippen LogP contribution in [0.2, 0.25) is 0 Å². The number of alkyl halides is 3. The quantitative estimate of drug-likeness (QED) is 0.101. The lowest BCUT2D eigenvalue weighted by molar-refractivity contribution is -0.141. The molecule has 4 aromatic rings. The smallest absolute Gasteiger partial charge is 0.318 e. The molecule has 8 nitrogen and oxygen atoms in total. The lowest BCUT2D eigenvalue weighted by Gasteiger charge is -2.21. The van der Waals surface area contributed by atoms with Crippen molar-refractivity contribution in [2.24, 2.45) is 11.7 Å². The zero-order valence-corrected chi connectivity index (χ0v) is 21.7. The Morgan fingerprint density at radius 1 is 1.00 bits per heavy atom. The van der Waals surface area contributed by atoms with Gasteiger partial charge in [-0.2, -0.15) is 23.8 Å². The first-order valence-electron chi connectivity index (χ1n) is 13.0. The number of amides is 1. The monoisotopic (exact) mass is 568 g/mol. The highest BCUT2D eigenvalue weighted by Crippen LogP contribution is 2.32. The second kappa shape index (κ2) is 11.8. The summed E-state index contributed by atoms with van der Waals surface area (Å²) in [5.74, 6) is -1.17. The van der Waals surface area contributed by atoms with E-state index in [4.69, 9.17) is 10.9 Å². The second-order valence-electron chi connectivity index (χ2n) is 9.91. The van der Waals surface area contributed by atoms with Crippen LogP contribution >= 0.6 is 0 Å². The molecule has 0 aliphatic heterocycles. The summed E-state index contributed by atoms with van der Waals surface area (Å²) in [5.41, 5.74) is 7.66. The Balaban J connectivity index is 1.48. The van der Waals surface area contributed by atoms with Gasteiger partial charge in [0.15, 0.2) is 5.69 Å². The average Bonchev–Trinajstić information content (AvgIpc) is 3.68. The third kappa shape index (κ3) is 6.63. The fourth-order valence-electron chi connectivity index (χ4n) is 4.49. The molecule has 1 amide bonds. The number of hydrogen-bond acceptors (Lipinski definition) is 6. The highest BCUT2D eigenvalue weighted by molar-refractivity contribution is 6.03. The zero-order chi connectivity index (χ0) is 29.1. The first-order valence-corrected chi connectivity index (χ1v) is 13.0. The fourth-order valence-corrected chi connectivity index (χ4v) is 4.49. The van der Waals surface area contributed by atoms with E-state index in [0.717, 1.165) is 29.6 Å². The number of nitrogens with zero attached hydrogens (tertiary/aromatic N) is 2. The number of nitrogens with two attached hydrogens (primary N) is 1. The lowest BCUT2D eigenvalue weighted by atomic mass is 9.97. The Kier molecular flexibility index (Phi) is 8.18. The van der Waals surface area contributed by atoms with Crippen LogP contribution in [-0.2, 0) is 6.18 Å². The van der Waals surface area contributed by atoms with Crippen LogP contribution < -0.4 is 21.8 Å². The van der Waals surface area contributed by atoms with E-state index in [1.54, 1.807) is 6.07 Å². The Bertz CT molecular complexity index is 1520. The van der Waals surface area contributed by atoms with Crippen molar-refractivity contribution in [3.05, 3.63) is 113 Å². The third-order valence-corrected chi connectivity index (χ3v) is 6.86. The topological polar surface area (TPSA) is 117 Å². The van der Waals surface area contributed by atoms with Crippen molar-refractivity contribution in [1.29, 1.82) is 0 Å². The molecule has 5 rings (SSSR count). The molecule has 1 aromatic heterocycles. The molecule has 0 spiro atoms. The number of hydrogen-bond donors (Lipinski definition) is 5. The van der Waals surface area contributed by atoms with E-state index in [9.17, 15) is 22.4 Å². The van der Waals surface area contributed by atoms with Gasteiger partial charge >= 0.3 is 6.18 Å². The van der Waals surface area contributed by atoms with Crippen molar-refractivity contribution < 1.29 is 27.6 Å². The number of hydroxylamine groups is 1. The third-order valence-electron chi connectivity index (χ3n) is 6.86. The van der Waals surface area contributed by atoms with Gasteiger partial charge in [0.05, 0.1) is 17.4 Å². The molecule has 41 heavy (non-hydrogen) atoms. The molecule has 0 saturated heterocycles. The van der Waals surface area contributed by atoms with Gasteiger partial charge in [-0.3, -0.25) is 4.79 Å². The number of benzene rings is 3. The number of carbonyl (C=O) groups excluding carboxylic acids is 1. The maximum absolute atomic E-state index is 15.0. The molecule has 1 heterocycles. The van der Waals surface area contributed by atoms with E-state index in [1.807, 2.05) is 35.8 Å². The minimum Gasteiger partial charge on any atom is -0.318 e. The minimum atomic E-state index is -4.84. The van der Waals surface area contributed by atoms with Gasteiger partial charge in [0.1, 0.15) is 17.7 Å². The van der Waals surface area contributed by atoms with Gasteiger partial charge in [-0.15, -0.1) is 0 Å². The SMILES string of the molecule is NC(NO)c1cccc(-n2nc(C(F)(F)F)cc2C(=O)Nc2cc(C(NCC3CC3)c3ccccc3)ccc2F)c1. The second-order valence-corrected chi connectivity index (χ2v) is 9.91. The maximum Gasteiger partial charge on any atom is 0.435 e. The molecular weight excluding hydrogens is 540 g/mol. The molecule has 6 N–H and O–H groups in total. The Labute approximate surface area is 233 Å². The summed E-state index contributed by atoms with van der Waals surface area (Å²) >= 11 is 0. The van der Waals surface area contributed by atoms with Crippen LogP contribution in [0.3, 0.4) is 0 Å². The fraction of sp³-hybridized carbons (Fsp3) is 0.241. The highest BCUT2D eigenvalue weighted by atomic mass is 19.4. The summed E-state index contributed by atoms with van der Waals surface area (Å²) < 4.78 is 56.6. The Hall–Kier alpha value is -4.10. The van der Waals surface area contributed by atoms with Crippen molar-refractivity contribution in [3.63, 3.8) is 0 Å². The van der Waals surface area contributed by atoms with Crippen molar-refractivity contribution in [2.45, 2.75) is 31.2 Å². The van der Waals surface area contributed by atoms with Crippen LogP contribution in [-0.4, -0.2) is 27.4 Å². The molecule has 1 aliphatic rings. The highest BCUT2D eigenvalue weighted by Gasteiger charge is 2.36. The van der Waals surface area contributed by atoms with E-state index in [0.29, 0.717) is 23.1 Å². The molecule has 214 valence electrons. The van der Waals surface area contributed by atoms with Gasteiger partial charge in [0.25, 0.3) is 5.91 Å². The number of rotatable bonds is 10. The summed E-state index contributed by atoms with van der Waals surface area (Å²) in [4.78, 5) is 13.4. The van der Waals surface area contributed by atoms with Crippen LogP contribution in [0.1, 0.15) is 57.9 Å². The van der Waals surface area contributed by atoms with Gasteiger partial charge in [-0.1, -0.05) is 48.5 Å². The predicted molar refractivity (Wildman–Crippen MR) is 144 cm³/mol. The van der Waals surface area contributed by atoms with Gasteiger partial charge in [-0.25, -0.2) is 9.07 Å². The molecule has 1 aliphatic carbocycles. The van der Waals surface area contributed by atoms with Crippen LogP contribution in [0.25, 0.3) is 5.69 Å². The van der Waals surface area contributed by atoms with Crippen LogP contribution in [0.15, 0.2) is 78.9 Å². The molecule has 0 bridgehead atoms. The molecule has 1 fully saturated rings. The van der Waals surface area contributed by atoms with Gasteiger partial charge in [0.2, 0.25) is 0 Å². The average molecular weight is 569 g/mol. The standard InChI is InChI=1S/C29H28F4N6O2/c30-22-12-11-19(26(35-16-17-9-10-17)18-5-2-1-3-6-18)14-23(22)36-28(40)24-15-25(29(31,32)33)37-39(24)21-8-4-7-20(13-21)27(34)38-41/h1-8,11-15,17,26-27,35,38,41H,9-10,16,34H2,(H,36,40). The Morgan fingerprint density at radius 2 is 1.73 bits per heavy atom. The van der Waals surface area contributed by atoms with E-state index in [1.165, 1.54) is 36.4 Å². The van der Waals surface area contributed by atoms with E-state index < -0.39 is 35.5 Å². The van der Waals surface area contributed by atoms with Crippen molar-refractivity contribution in [2.75, 3.05) is 11.9 Å². The number of anilines is 1. The van der Waals surface area contributed by atoms with E-state index >= 15 is 0 Å². The van der Waals surface area contributed by atoms with Gasteiger partial charge in [0, 0.05) is 6.07 Å². The number of halogens is 4. The molecule has 0 radical (unpaired) electrons. The maximum atomic E-state index is 15.0. The van der Waals surface area contributed by atoms with Crippen LogP contribution in [0.4, 0.5) is 23.2 Å². The molecule has 1 saturated carbocycles. The van der Waals surface area contributed by atoms with Gasteiger partial charge in [-0.05, 0) is 66.3 Å². The molecule has 2 atom stereocenters. The van der Waals surface area contributed by atoms with Gasteiger partial charge < -0.3 is 21.6 Å². The van der Waals surface area contributed by atoms with E-state index in [-0.39, 0.29) is 17.4 Å². The molecule has 3 aromatic carbocycles. The minimum absolute atomic E-state index is 0.0801. The summed E-state index contributed by atoms with van der Waals surface area (Å²) in [6.45, 7) is 0.770. The molecule has 2 unspecified atom stereocenters. The zero-order valence-electron chi connectivity index (χ0n) is 21.7. The summed E-state index contributed by atoms with van der Waals surface area (Å²) in [5, 5.41) is 18.7. The molecular formula is C29H28F4N6O2. The normalized spacial score (nSPS) is 15.0. The predicted octanol–water partition coefficient (Wildman–Crippen LogP) is 5.31. The van der Waals surface area contributed by atoms with Crippen LogP contribution in [0, 0.1) is 11.7 Å². The number of carbonyl (C=O) groups is 1. The lowest BCUT2D eigenvalue weighted by Crippen LogP contribution is -2.25. The Morgan fingerprint density at radius 3 is 2.41 bits per heavy atom. The molecule has 12 heteroatoms. The summed E-state index contributed by atoms with van der Waals surface area (Å²) in [6, 6.07) is 20.0. The number of aromatic nitrogens is 2. The van der Waals surface area contributed by atoms with Crippen molar-refractivity contribution in [3.8, 4) is 5.69 Å². The summed E-state index contributed by atoms with van der Waals surface area (Å²) in [7, 11) is 0. The largest absolute Gasteiger partial charge is 0.435 e. The van der Waals surface area contributed by atoms with Crippen LogP contribution in [0.5, 0.6) is 0 Å². The van der Waals surface area contributed by atoms with Crippen molar-refractivity contribution >= 4 is 11.6 Å². The number of nitrogens with one attached hydrogen (secondary N) is 3. The summed E-state index contributed by atoms with van der Waals surface area (Å²) in [6.07, 6.45) is -3.61. The first-order chi connectivity index (χ1) is 19.6. The van der Waals surface area contributed by atoms with Crippen molar-refractivity contribution in [1.82, 2.24) is 20.6 Å².